The van der Waals surface area contributed by atoms with E-state index in [-0.39, 0.29) is 0 Å². The van der Waals surface area contributed by atoms with Gasteiger partial charge in [-0.25, -0.2) is 4.79 Å². The average molecular weight is 311 g/mol. The lowest BCUT2D eigenvalue weighted by molar-refractivity contribution is -0.139. The van der Waals surface area contributed by atoms with Gasteiger partial charge >= 0.3 is 5.97 Å². The molecule has 6 heteroatoms. The Morgan fingerprint density at radius 2 is 2.19 bits per heavy atom. The van der Waals surface area contributed by atoms with Gasteiger partial charge in [-0.15, -0.1) is 0 Å². The molecular formula is C15H21NO4S. The Morgan fingerprint density at radius 1 is 1.43 bits per heavy atom. The van der Waals surface area contributed by atoms with Crippen molar-refractivity contribution >= 4 is 23.6 Å². The standard InChI is InChI=1S/C15H21NO4S/c1-3-8-20-12-6-4-5-11(10-12)14(17)16-13(15(18)19)7-9-21-2/h4-6,10,13H,3,7-9H2,1-2H3,(H,16,17)(H,18,19). The number of nitrogens with one attached hydrogen (secondary N) is 1. The number of carbonyl (C=O) groups is 2. The number of hydrogen-bond acceptors (Lipinski definition) is 4. The molecule has 0 aliphatic rings. The zero-order chi connectivity index (χ0) is 15.7. The molecule has 0 fully saturated rings. The Hall–Kier alpha value is -1.69. The van der Waals surface area contributed by atoms with Crippen LogP contribution in [0.15, 0.2) is 24.3 Å². The molecule has 0 saturated carbocycles. The van der Waals surface area contributed by atoms with E-state index in [4.69, 9.17) is 9.84 Å². The molecule has 0 aromatic heterocycles. The fraction of sp³-hybridized carbons (Fsp3) is 0.467. The Labute approximate surface area is 129 Å². The van der Waals surface area contributed by atoms with Crippen LogP contribution in [-0.4, -0.2) is 41.6 Å². The van der Waals surface area contributed by atoms with Crippen LogP contribution in [0.25, 0.3) is 0 Å². The molecule has 1 aromatic rings. The molecule has 1 rings (SSSR count). The van der Waals surface area contributed by atoms with Crippen LogP contribution in [-0.2, 0) is 4.79 Å². The van der Waals surface area contributed by atoms with Crippen molar-refractivity contribution in [3.05, 3.63) is 29.8 Å². The number of benzene rings is 1. The van der Waals surface area contributed by atoms with Crippen molar-refractivity contribution in [1.82, 2.24) is 5.32 Å². The highest BCUT2D eigenvalue weighted by atomic mass is 32.2. The molecule has 1 unspecified atom stereocenters. The second kappa shape index (κ2) is 9.28. The van der Waals surface area contributed by atoms with Gasteiger partial charge in [-0.1, -0.05) is 13.0 Å². The van der Waals surface area contributed by atoms with Gasteiger partial charge in [0.2, 0.25) is 0 Å². The number of carboxylic acid groups (broad SMARTS) is 1. The second-order valence-corrected chi connectivity index (χ2v) is 5.51. The molecule has 21 heavy (non-hydrogen) atoms. The first-order valence-electron chi connectivity index (χ1n) is 6.84. The number of carboxylic acids is 1. The molecule has 1 aromatic carbocycles. The lowest BCUT2D eigenvalue weighted by atomic mass is 10.1. The topological polar surface area (TPSA) is 75.6 Å². The summed E-state index contributed by atoms with van der Waals surface area (Å²) >= 11 is 1.55. The van der Waals surface area contributed by atoms with Crippen molar-refractivity contribution in [2.75, 3.05) is 18.6 Å². The van der Waals surface area contributed by atoms with E-state index in [0.29, 0.717) is 30.1 Å². The van der Waals surface area contributed by atoms with Crippen LogP contribution in [0.3, 0.4) is 0 Å². The van der Waals surface area contributed by atoms with Crippen molar-refractivity contribution in [1.29, 1.82) is 0 Å². The SMILES string of the molecule is CCCOc1cccc(C(=O)NC(CCSC)C(=O)O)c1. The van der Waals surface area contributed by atoms with Crippen LogP contribution < -0.4 is 10.1 Å². The third-order valence-electron chi connectivity index (χ3n) is 2.78. The summed E-state index contributed by atoms with van der Waals surface area (Å²) in [7, 11) is 0. The van der Waals surface area contributed by atoms with Crippen LogP contribution in [0.4, 0.5) is 0 Å². The predicted octanol–water partition coefficient (Wildman–Crippen LogP) is 2.41. The lowest BCUT2D eigenvalue weighted by Gasteiger charge is -2.14. The number of rotatable bonds is 9. The monoisotopic (exact) mass is 311 g/mol. The number of ether oxygens (including phenoxy) is 1. The van der Waals surface area contributed by atoms with Crippen LogP contribution in [0, 0.1) is 0 Å². The second-order valence-electron chi connectivity index (χ2n) is 4.52. The van der Waals surface area contributed by atoms with Crippen molar-refractivity contribution in [2.24, 2.45) is 0 Å². The van der Waals surface area contributed by atoms with Crippen molar-refractivity contribution < 1.29 is 19.4 Å². The molecule has 0 saturated heterocycles. The lowest BCUT2D eigenvalue weighted by Crippen LogP contribution is -2.41. The molecule has 116 valence electrons. The molecule has 0 spiro atoms. The number of thioether (sulfide) groups is 1. The quantitative estimate of drug-likeness (QED) is 0.732. The first-order chi connectivity index (χ1) is 10.1. The van der Waals surface area contributed by atoms with Crippen LogP contribution in [0.1, 0.15) is 30.1 Å². The minimum Gasteiger partial charge on any atom is -0.494 e. The number of aliphatic carboxylic acids is 1. The van der Waals surface area contributed by atoms with E-state index in [1.165, 1.54) is 0 Å². The van der Waals surface area contributed by atoms with Gasteiger partial charge in [0.1, 0.15) is 11.8 Å². The maximum absolute atomic E-state index is 12.1. The molecule has 0 bridgehead atoms. The molecule has 2 N–H and O–H groups in total. The molecule has 0 heterocycles. The van der Waals surface area contributed by atoms with Gasteiger partial charge < -0.3 is 15.2 Å². The van der Waals surface area contributed by atoms with E-state index < -0.39 is 17.9 Å². The maximum Gasteiger partial charge on any atom is 0.326 e. The van der Waals surface area contributed by atoms with Gasteiger partial charge in [0.25, 0.3) is 5.91 Å². The maximum atomic E-state index is 12.1. The fourth-order valence-corrected chi connectivity index (χ4v) is 2.15. The molecule has 5 nitrogen and oxygen atoms in total. The minimum atomic E-state index is -1.02. The fourth-order valence-electron chi connectivity index (χ4n) is 1.68. The van der Waals surface area contributed by atoms with Gasteiger partial charge in [-0.2, -0.15) is 11.8 Å². The predicted molar refractivity (Wildman–Crippen MR) is 84.1 cm³/mol. The van der Waals surface area contributed by atoms with Crippen LogP contribution >= 0.6 is 11.8 Å². The van der Waals surface area contributed by atoms with E-state index in [1.54, 1.807) is 36.0 Å². The molecule has 1 atom stereocenters. The first kappa shape index (κ1) is 17.4. The van der Waals surface area contributed by atoms with Crippen molar-refractivity contribution in [3.8, 4) is 5.75 Å². The summed E-state index contributed by atoms with van der Waals surface area (Å²) in [4.78, 5) is 23.2. The third-order valence-corrected chi connectivity index (χ3v) is 3.43. The van der Waals surface area contributed by atoms with Crippen LogP contribution in [0.5, 0.6) is 5.75 Å². The zero-order valence-corrected chi connectivity index (χ0v) is 13.1. The van der Waals surface area contributed by atoms with E-state index in [9.17, 15) is 9.59 Å². The van der Waals surface area contributed by atoms with Crippen LogP contribution in [0.2, 0.25) is 0 Å². The normalized spacial score (nSPS) is 11.7. The number of hydrogen-bond donors (Lipinski definition) is 2. The molecule has 1 amide bonds. The van der Waals surface area contributed by atoms with E-state index in [1.807, 2.05) is 13.2 Å². The van der Waals surface area contributed by atoms with Gasteiger partial charge in [0.15, 0.2) is 0 Å². The van der Waals surface area contributed by atoms with Crippen molar-refractivity contribution in [2.45, 2.75) is 25.8 Å². The summed E-state index contributed by atoms with van der Waals surface area (Å²) in [5.74, 6) is -0.126. The summed E-state index contributed by atoms with van der Waals surface area (Å²) in [6.07, 6.45) is 3.18. The van der Waals surface area contributed by atoms with Gasteiger partial charge in [0, 0.05) is 5.56 Å². The highest BCUT2D eigenvalue weighted by molar-refractivity contribution is 7.98. The van der Waals surface area contributed by atoms with Gasteiger partial charge in [-0.3, -0.25) is 4.79 Å². The summed E-state index contributed by atoms with van der Waals surface area (Å²) in [6, 6.07) is 5.89. The summed E-state index contributed by atoms with van der Waals surface area (Å²) in [6.45, 7) is 2.58. The summed E-state index contributed by atoms with van der Waals surface area (Å²) < 4.78 is 5.46. The van der Waals surface area contributed by atoms with E-state index in [0.717, 1.165) is 6.42 Å². The molecular weight excluding hydrogens is 290 g/mol. The first-order valence-corrected chi connectivity index (χ1v) is 8.23. The highest BCUT2D eigenvalue weighted by Gasteiger charge is 2.20. The number of carbonyl (C=O) groups excluding carboxylic acids is 1. The molecule has 0 radical (unpaired) electrons. The van der Waals surface area contributed by atoms with E-state index >= 15 is 0 Å². The summed E-state index contributed by atoms with van der Waals surface area (Å²) in [5, 5.41) is 11.7. The average Bonchev–Trinajstić information content (AvgIpc) is 2.49. The summed E-state index contributed by atoms with van der Waals surface area (Å²) in [5.41, 5.74) is 0.402. The molecule has 0 aliphatic carbocycles. The largest absolute Gasteiger partial charge is 0.494 e. The third kappa shape index (κ3) is 6.08. The van der Waals surface area contributed by atoms with Gasteiger partial charge in [-0.05, 0) is 43.0 Å². The van der Waals surface area contributed by atoms with E-state index in [2.05, 4.69) is 5.32 Å². The Balaban J connectivity index is 2.70. The van der Waals surface area contributed by atoms with Crippen molar-refractivity contribution in [3.63, 3.8) is 0 Å². The smallest absolute Gasteiger partial charge is 0.326 e. The number of amides is 1. The Bertz CT molecular complexity index is 478. The molecule has 0 aliphatic heterocycles. The minimum absolute atomic E-state index is 0.397. The highest BCUT2D eigenvalue weighted by Crippen LogP contribution is 2.14. The zero-order valence-electron chi connectivity index (χ0n) is 12.3. The van der Waals surface area contributed by atoms with Gasteiger partial charge in [0.05, 0.1) is 6.61 Å². The Kier molecular flexibility index (Phi) is 7.68. The Morgan fingerprint density at radius 3 is 2.81 bits per heavy atom.